The number of carboxylic acids is 1. The Bertz CT molecular complexity index is 648. The number of carbonyl (C=O) groups is 1. The lowest BCUT2D eigenvalue weighted by molar-refractivity contribution is -0.142. The number of carboxylic acid groups (broad SMARTS) is 1. The summed E-state index contributed by atoms with van der Waals surface area (Å²) >= 11 is 3.31. The summed E-state index contributed by atoms with van der Waals surface area (Å²) in [6.07, 6.45) is 1.72. The summed E-state index contributed by atoms with van der Waals surface area (Å²) in [5.74, 6) is -1.11. The van der Waals surface area contributed by atoms with Gasteiger partial charge in [-0.1, -0.05) is 6.07 Å². The molecular formula is C13H17BrN2O4S. The van der Waals surface area contributed by atoms with Crippen molar-refractivity contribution in [2.24, 2.45) is 0 Å². The molecule has 0 aliphatic carbocycles. The Morgan fingerprint density at radius 2 is 2.14 bits per heavy atom. The number of rotatable bonds is 4. The number of aliphatic carboxylic acids is 1. The molecule has 1 aromatic rings. The van der Waals surface area contributed by atoms with Gasteiger partial charge in [-0.25, -0.2) is 0 Å². The molecule has 0 bridgehead atoms. The topological polar surface area (TPSA) is 86.7 Å². The Morgan fingerprint density at radius 1 is 1.43 bits per heavy atom. The van der Waals surface area contributed by atoms with Crippen molar-refractivity contribution in [3.8, 4) is 0 Å². The van der Waals surface area contributed by atoms with Gasteiger partial charge in [0.15, 0.2) is 0 Å². The van der Waals surface area contributed by atoms with E-state index in [1.165, 1.54) is 0 Å². The molecule has 0 spiro atoms. The molecule has 1 atom stereocenters. The molecule has 0 aromatic heterocycles. The van der Waals surface area contributed by atoms with Gasteiger partial charge < -0.3 is 5.11 Å². The molecule has 2 rings (SSSR count). The molecule has 1 unspecified atom stereocenters. The van der Waals surface area contributed by atoms with Crippen LogP contribution in [0.2, 0.25) is 0 Å². The second-order valence-electron chi connectivity index (χ2n) is 5.05. The van der Waals surface area contributed by atoms with Gasteiger partial charge in [-0.15, -0.1) is 0 Å². The maximum atomic E-state index is 12.4. The van der Waals surface area contributed by atoms with Gasteiger partial charge in [-0.05, 0) is 59.8 Å². The average molecular weight is 377 g/mol. The highest BCUT2D eigenvalue weighted by Gasteiger charge is 2.36. The second kappa shape index (κ2) is 6.33. The van der Waals surface area contributed by atoms with Crippen molar-refractivity contribution in [3.63, 3.8) is 0 Å². The predicted octanol–water partition coefficient (Wildman–Crippen LogP) is 2.35. The monoisotopic (exact) mass is 376 g/mol. The quantitative estimate of drug-likeness (QED) is 0.844. The molecule has 1 heterocycles. The van der Waals surface area contributed by atoms with Crippen LogP contribution in [-0.4, -0.2) is 36.4 Å². The molecule has 0 saturated carbocycles. The predicted molar refractivity (Wildman–Crippen MR) is 83.4 cm³/mol. The highest BCUT2D eigenvalue weighted by Crippen LogP contribution is 2.27. The van der Waals surface area contributed by atoms with Gasteiger partial charge in [0.2, 0.25) is 0 Å². The molecule has 116 valence electrons. The van der Waals surface area contributed by atoms with Crippen molar-refractivity contribution in [2.75, 3.05) is 11.3 Å². The molecule has 0 radical (unpaired) electrons. The van der Waals surface area contributed by atoms with E-state index < -0.39 is 22.2 Å². The zero-order valence-electron chi connectivity index (χ0n) is 11.5. The maximum absolute atomic E-state index is 12.4. The first-order chi connectivity index (χ1) is 9.81. The van der Waals surface area contributed by atoms with Gasteiger partial charge in [0.1, 0.15) is 6.04 Å². The minimum absolute atomic E-state index is 0.218. The summed E-state index contributed by atoms with van der Waals surface area (Å²) in [5.41, 5.74) is 1.39. The lowest BCUT2D eigenvalue weighted by atomic mass is 10.1. The van der Waals surface area contributed by atoms with Gasteiger partial charge in [0.25, 0.3) is 0 Å². The van der Waals surface area contributed by atoms with Crippen molar-refractivity contribution in [2.45, 2.75) is 32.2 Å². The Hall–Kier alpha value is -1.12. The first-order valence-corrected chi connectivity index (χ1v) is 8.83. The number of nitrogens with one attached hydrogen (secondary N) is 1. The third-order valence-electron chi connectivity index (χ3n) is 3.41. The van der Waals surface area contributed by atoms with Crippen molar-refractivity contribution in [1.82, 2.24) is 4.31 Å². The summed E-state index contributed by atoms with van der Waals surface area (Å²) in [7, 11) is -3.89. The Labute approximate surface area is 132 Å². The molecule has 21 heavy (non-hydrogen) atoms. The number of hydrogen-bond acceptors (Lipinski definition) is 3. The molecule has 1 aromatic carbocycles. The Morgan fingerprint density at radius 3 is 2.76 bits per heavy atom. The van der Waals surface area contributed by atoms with Gasteiger partial charge in [-0.2, -0.15) is 12.7 Å². The maximum Gasteiger partial charge on any atom is 0.322 e. The summed E-state index contributed by atoms with van der Waals surface area (Å²) < 4.78 is 29.0. The van der Waals surface area contributed by atoms with Crippen LogP contribution in [0.25, 0.3) is 0 Å². The molecule has 8 heteroatoms. The van der Waals surface area contributed by atoms with E-state index in [9.17, 15) is 18.3 Å². The van der Waals surface area contributed by atoms with Gasteiger partial charge in [0, 0.05) is 11.0 Å². The van der Waals surface area contributed by atoms with E-state index in [4.69, 9.17) is 0 Å². The van der Waals surface area contributed by atoms with Gasteiger partial charge in [0.05, 0.1) is 5.69 Å². The summed E-state index contributed by atoms with van der Waals surface area (Å²) in [6, 6.07) is 4.23. The number of anilines is 1. The Balaban J connectivity index is 2.26. The highest BCUT2D eigenvalue weighted by molar-refractivity contribution is 9.10. The molecule has 2 N–H and O–H groups in total. The molecule has 1 saturated heterocycles. The molecule has 0 amide bonds. The van der Waals surface area contributed by atoms with E-state index in [1.807, 2.05) is 6.92 Å². The molecule has 1 fully saturated rings. The SMILES string of the molecule is Cc1ccc(NS(=O)(=O)N2CCCCC2C(=O)O)c(Br)c1. The number of nitrogens with zero attached hydrogens (tertiary/aromatic N) is 1. The third kappa shape index (κ3) is 3.75. The standard InChI is InChI=1S/C13H17BrN2O4S/c1-9-5-6-11(10(14)8-9)15-21(19,20)16-7-3-2-4-12(16)13(17)18/h5-6,8,12,15H,2-4,7H2,1H3,(H,17,18). The molecule has 1 aliphatic rings. The van der Waals surface area contributed by atoms with Crippen molar-refractivity contribution in [3.05, 3.63) is 28.2 Å². The molecule has 1 aliphatic heterocycles. The van der Waals surface area contributed by atoms with Crippen molar-refractivity contribution >= 4 is 37.8 Å². The minimum atomic E-state index is -3.89. The summed E-state index contributed by atoms with van der Waals surface area (Å²) in [6.45, 7) is 2.11. The zero-order valence-corrected chi connectivity index (χ0v) is 13.9. The van der Waals surface area contributed by atoms with E-state index in [0.717, 1.165) is 16.3 Å². The zero-order chi connectivity index (χ0) is 15.6. The van der Waals surface area contributed by atoms with Crippen LogP contribution in [0.3, 0.4) is 0 Å². The van der Waals surface area contributed by atoms with Crippen molar-refractivity contribution in [1.29, 1.82) is 0 Å². The first-order valence-electron chi connectivity index (χ1n) is 6.60. The van der Waals surface area contributed by atoms with E-state index in [-0.39, 0.29) is 6.54 Å². The smallest absolute Gasteiger partial charge is 0.322 e. The van der Waals surface area contributed by atoms with E-state index in [1.54, 1.807) is 18.2 Å². The fraction of sp³-hybridized carbons (Fsp3) is 0.462. The van der Waals surface area contributed by atoms with Gasteiger partial charge >= 0.3 is 16.2 Å². The molecule has 6 nitrogen and oxygen atoms in total. The van der Waals surface area contributed by atoms with Crippen LogP contribution in [0.1, 0.15) is 24.8 Å². The fourth-order valence-corrected chi connectivity index (χ4v) is 4.54. The third-order valence-corrected chi connectivity index (χ3v) is 5.60. The van der Waals surface area contributed by atoms with Crippen LogP contribution in [0, 0.1) is 6.92 Å². The number of aryl methyl sites for hydroxylation is 1. The van der Waals surface area contributed by atoms with Crippen LogP contribution in [0.5, 0.6) is 0 Å². The number of halogens is 1. The second-order valence-corrected chi connectivity index (χ2v) is 7.53. The Kier molecular flexibility index (Phi) is 4.90. The summed E-state index contributed by atoms with van der Waals surface area (Å²) in [5, 5.41) is 9.19. The van der Waals surface area contributed by atoms with Crippen molar-refractivity contribution < 1.29 is 18.3 Å². The minimum Gasteiger partial charge on any atom is -0.480 e. The van der Waals surface area contributed by atoms with Crippen LogP contribution < -0.4 is 4.72 Å². The van der Waals surface area contributed by atoms with E-state index in [2.05, 4.69) is 20.7 Å². The first kappa shape index (κ1) is 16.3. The lowest BCUT2D eigenvalue weighted by Crippen LogP contribution is -2.49. The van der Waals surface area contributed by atoms with Crippen LogP contribution in [0.4, 0.5) is 5.69 Å². The number of piperidine rings is 1. The van der Waals surface area contributed by atoms with E-state index >= 15 is 0 Å². The number of hydrogen-bond donors (Lipinski definition) is 2. The normalized spacial score (nSPS) is 20.2. The van der Waals surface area contributed by atoms with Crippen LogP contribution >= 0.6 is 15.9 Å². The van der Waals surface area contributed by atoms with Crippen LogP contribution in [0.15, 0.2) is 22.7 Å². The molecular weight excluding hydrogens is 360 g/mol. The van der Waals surface area contributed by atoms with E-state index in [0.29, 0.717) is 23.0 Å². The van der Waals surface area contributed by atoms with Gasteiger partial charge in [-0.3, -0.25) is 9.52 Å². The largest absolute Gasteiger partial charge is 0.480 e. The summed E-state index contributed by atoms with van der Waals surface area (Å²) in [4.78, 5) is 11.2. The fourth-order valence-electron chi connectivity index (χ4n) is 2.34. The van der Waals surface area contributed by atoms with Crippen LogP contribution in [-0.2, 0) is 15.0 Å². The number of benzene rings is 1. The average Bonchev–Trinajstić information content (AvgIpc) is 2.42. The highest BCUT2D eigenvalue weighted by atomic mass is 79.9. The lowest BCUT2D eigenvalue weighted by Gasteiger charge is -2.32.